The standard InChI is InChI=1S/C9H9N5OSe/c1-2-13-3-4-14(9(13)16)6-5-7(15)12-8(10)11-6/h2-5H,1H2,(H3,10,11,12,15). The molecular formula is C9H9N5OSe. The van der Waals surface area contributed by atoms with E-state index in [2.05, 4.69) is 32.1 Å². The molecule has 0 fully saturated rings. The van der Waals surface area contributed by atoms with Crippen LogP contribution in [-0.4, -0.2) is 34.7 Å². The van der Waals surface area contributed by atoms with Gasteiger partial charge in [-0.05, 0) is 0 Å². The fraction of sp³-hybridized carbons (Fsp3) is 0. The molecule has 2 aromatic heterocycles. The van der Waals surface area contributed by atoms with Crippen molar-refractivity contribution in [3.63, 3.8) is 0 Å². The van der Waals surface area contributed by atoms with Crippen molar-refractivity contribution >= 4 is 27.7 Å². The van der Waals surface area contributed by atoms with Crippen LogP contribution in [0.5, 0.6) is 0 Å². The van der Waals surface area contributed by atoms with Crippen molar-refractivity contribution in [2.75, 3.05) is 5.73 Å². The number of aromatic amines is 1. The van der Waals surface area contributed by atoms with Crippen LogP contribution in [0.1, 0.15) is 0 Å². The Kier molecular flexibility index (Phi) is 2.64. The zero-order valence-electron chi connectivity index (χ0n) is 8.25. The first-order chi connectivity index (χ1) is 7.61. The van der Waals surface area contributed by atoms with Crippen molar-refractivity contribution in [2.24, 2.45) is 0 Å². The first-order valence-electron chi connectivity index (χ1n) is 4.41. The van der Waals surface area contributed by atoms with Crippen molar-refractivity contribution in [3.8, 4) is 5.82 Å². The number of nitrogen functional groups attached to an aromatic ring is 1. The summed E-state index contributed by atoms with van der Waals surface area (Å²) in [6.45, 7) is 3.65. The molecule has 0 bridgehead atoms. The number of hydrogen-bond donors (Lipinski definition) is 2. The average molecular weight is 282 g/mol. The molecule has 7 heteroatoms. The molecule has 0 atom stereocenters. The van der Waals surface area contributed by atoms with E-state index < -0.39 is 0 Å². The third-order valence-corrected chi connectivity index (χ3v) is 2.85. The van der Waals surface area contributed by atoms with E-state index in [0.717, 1.165) is 4.32 Å². The molecule has 0 aromatic carbocycles. The third kappa shape index (κ3) is 1.78. The molecule has 0 saturated carbocycles. The second kappa shape index (κ2) is 3.96. The Morgan fingerprint density at radius 2 is 2.31 bits per heavy atom. The van der Waals surface area contributed by atoms with Gasteiger partial charge in [-0.2, -0.15) is 0 Å². The molecule has 0 radical (unpaired) electrons. The summed E-state index contributed by atoms with van der Waals surface area (Å²) in [5.74, 6) is 0.538. The topological polar surface area (TPSA) is 81.6 Å². The number of rotatable bonds is 2. The van der Waals surface area contributed by atoms with Crippen LogP contribution in [0.15, 0.2) is 29.8 Å². The second-order valence-electron chi connectivity index (χ2n) is 3.03. The average Bonchev–Trinajstić information content (AvgIpc) is 2.58. The Hall–Kier alpha value is -1.85. The van der Waals surface area contributed by atoms with Crippen molar-refractivity contribution in [1.82, 2.24) is 19.1 Å². The number of nitrogens with zero attached hydrogens (tertiary/aromatic N) is 3. The summed E-state index contributed by atoms with van der Waals surface area (Å²) in [6, 6.07) is 1.37. The molecule has 0 amide bonds. The van der Waals surface area contributed by atoms with E-state index in [1.807, 2.05) is 0 Å². The SMILES string of the molecule is C=Cn1ccn(-c2cc(=O)[nH]c(N)n2)c1=[Se]. The molecule has 3 N–H and O–H groups in total. The van der Waals surface area contributed by atoms with Gasteiger partial charge in [-0.3, -0.25) is 0 Å². The van der Waals surface area contributed by atoms with Crippen LogP contribution >= 0.6 is 0 Å². The quantitative estimate of drug-likeness (QED) is 0.745. The minimum absolute atomic E-state index is 0.0840. The summed E-state index contributed by atoms with van der Waals surface area (Å²) >= 11 is 2.87. The van der Waals surface area contributed by atoms with Gasteiger partial charge in [0, 0.05) is 0 Å². The molecule has 82 valence electrons. The molecule has 2 rings (SSSR count). The zero-order chi connectivity index (χ0) is 11.7. The molecule has 0 aliphatic carbocycles. The molecule has 0 aliphatic rings. The van der Waals surface area contributed by atoms with Gasteiger partial charge in [0.05, 0.1) is 0 Å². The Morgan fingerprint density at radius 1 is 1.56 bits per heavy atom. The number of nitrogens with one attached hydrogen (secondary N) is 1. The molecule has 6 nitrogen and oxygen atoms in total. The summed E-state index contributed by atoms with van der Waals surface area (Å²) in [5.41, 5.74) is 5.18. The maximum absolute atomic E-state index is 11.2. The third-order valence-electron chi connectivity index (χ3n) is 1.99. The van der Waals surface area contributed by atoms with Gasteiger partial charge >= 0.3 is 98.1 Å². The normalized spacial score (nSPS) is 10.2. The minimum atomic E-state index is -0.291. The predicted octanol–water partition coefficient (Wildman–Crippen LogP) is -0.255. The molecular weight excluding hydrogens is 273 g/mol. The fourth-order valence-corrected chi connectivity index (χ4v) is 1.90. The van der Waals surface area contributed by atoms with Gasteiger partial charge in [0.1, 0.15) is 0 Å². The number of nitrogens with two attached hydrogens (primary N) is 1. The van der Waals surface area contributed by atoms with Gasteiger partial charge in [0.2, 0.25) is 0 Å². The van der Waals surface area contributed by atoms with Crippen LogP contribution in [0.3, 0.4) is 0 Å². The molecule has 2 heterocycles. The maximum atomic E-state index is 11.2. The van der Waals surface area contributed by atoms with Crippen LogP contribution in [0.4, 0.5) is 5.95 Å². The van der Waals surface area contributed by atoms with Gasteiger partial charge < -0.3 is 0 Å². The van der Waals surface area contributed by atoms with Gasteiger partial charge in [-0.15, -0.1) is 0 Å². The van der Waals surface area contributed by atoms with E-state index in [-0.39, 0.29) is 11.5 Å². The van der Waals surface area contributed by atoms with Crippen molar-refractivity contribution in [2.45, 2.75) is 0 Å². The molecule has 0 spiro atoms. The van der Waals surface area contributed by atoms with E-state index in [4.69, 9.17) is 5.73 Å². The Bertz CT molecular complexity index is 650. The molecule has 0 aliphatic heterocycles. The van der Waals surface area contributed by atoms with Crippen molar-refractivity contribution < 1.29 is 0 Å². The molecule has 2 aromatic rings. The predicted molar refractivity (Wildman–Crippen MR) is 62.0 cm³/mol. The number of hydrogen-bond acceptors (Lipinski definition) is 3. The van der Waals surface area contributed by atoms with Gasteiger partial charge in [-0.1, -0.05) is 0 Å². The van der Waals surface area contributed by atoms with E-state index in [1.165, 1.54) is 6.07 Å². The number of imidazole rings is 1. The monoisotopic (exact) mass is 283 g/mol. The number of H-pyrrole nitrogens is 1. The Balaban J connectivity index is 2.67. The summed E-state index contributed by atoms with van der Waals surface area (Å²) in [7, 11) is 0. The number of aromatic nitrogens is 4. The Morgan fingerprint density at radius 3 is 2.88 bits per heavy atom. The van der Waals surface area contributed by atoms with Gasteiger partial charge in [0.15, 0.2) is 0 Å². The van der Waals surface area contributed by atoms with Crippen LogP contribution in [0.25, 0.3) is 12.0 Å². The first-order valence-corrected chi connectivity index (χ1v) is 5.27. The summed E-state index contributed by atoms with van der Waals surface area (Å²) in [4.78, 5) is 17.7. The first kappa shape index (κ1) is 10.7. The summed E-state index contributed by atoms with van der Waals surface area (Å²) in [6.07, 6.45) is 5.19. The molecule has 0 unspecified atom stereocenters. The molecule has 16 heavy (non-hydrogen) atoms. The molecule has 0 saturated heterocycles. The van der Waals surface area contributed by atoms with Gasteiger partial charge in [-0.25, -0.2) is 0 Å². The zero-order valence-corrected chi connectivity index (χ0v) is 9.97. The van der Waals surface area contributed by atoms with E-state index >= 15 is 0 Å². The van der Waals surface area contributed by atoms with Gasteiger partial charge in [0.25, 0.3) is 0 Å². The van der Waals surface area contributed by atoms with Crippen LogP contribution in [0.2, 0.25) is 0 Å². The fourth-order valence-electron chi connectivity index (χ4n) is 1.29. The second-order valence-corrected chi connectivity index (χ2v) is 3.80. The van der Waals surface area contributed by atoms with Crippen LogP contribution in [0, 0.1) is 4.32 Å². The van der Waals surface area contributed by atoms with Crippen molar-refractivity contribution in [1.29, 1.82) is 0 Å². The number of anilines is 1. The summed E-state index contributed by atoms with van der Waals surface area (Å²) < 4.78 is 4.22. The Labute approximate surface area is 98.4 Å². The van der Waals surface area contributed by atoms with E-state index in [0.29, 0.717) is 5.82 Å². The van der Waals surface area contributed by atoms with E-state index in [1.54, 1.807) is 27.7 Å². The van der Waals surface area contributed by atoms with E-state index in [9.17, 15) is 4.79 Å². The van der Waals surface area contributed by atoms with Crippen LogP contribution < -0.4 is 11.3 Å². The van der Waals surface area contributed by atoms with Crippen LogP contribution in [-0.2, 0) is 0 Å². The van der Waals surface area contributed by atoms with Crippen molar-refractivity contribution in [3.05, 3.63) is 39.7 Å². The summed E-state index contributed by atoms with van der Waals surface area (Å²) in [5, 5.41) is 0.